The zero-order valence-electron chi connectivity index (χ0n) is 15.8. The first-order valence-electron chi connectivity index (χ1n) is 9.05. The average Bonchev–Trinajstić information content (AvgIpc) is 2.71. The summed E-state index contributed by atoms with van der Waals surface area (Å²) in [6.07, 6.45) is 0.268. The second-order valence-corrected chi connectivity index (χ2v) is 7.73. The summed E-state index contributed by atoms with van der Waals surface area (Å²) in [5.74, 6) is 1.11. The van der Waals surface area contributed by atoms with E-state index in [-0.39, 0.29) is 18.2 Å². The molecule has 0 unspecified atom stereocenters. The summed E-state index contributed by atoms with van der Waals surface area (Å²) in [6.45, 7) is 6.31. The lowest BCUT2D eigenvalue weighted by molar-refractivity contribution is -0.120. The topological polar surface area (TPSA) is 62.1 Å². The minimum Gasteiger partial charge on any atom is -0.489 e. The molecule has 0 bridgehead atoms. The highest BCUT2D eigenvalue weighted by Gasteiger charge is 2.29. The molecule has 1 amide bonds. The third kappa shape index (κ3) is 5.05. The first-order valence-corrected chi connectivity index (χ1v) is 10.0. The maximum atomic E-state index is 12.2. The van der Waals surface area contributed by atoms with E-state index in [1.807, 2.05) is 61.5 Å². The smallest absolute Gasteiger partial charge is 0.225 e. The van der Waals surface area contributed by atoms with E-state index >= 15 is 0 Å². The standard InChI is InChI=1S/C23H22N2O2S/c1-16(2)15-28-23-21(13-24)20(12-22(26)25-23)18-8-10-19(11-9-18)27-14-17-6-4-3-5-7-17/h3-11,20H,1,12,14-15H2,2H3,(H,25,26)/t20-/m0/s1. The van der Waals surface area contributed by atoms with Gasteiger partial charge < -0.3 is 10.1 Å². The molecular weight excluding hydrogens is 368 g/mol. The maximum absolute atomic E-state index is 12.2. The zero-order valence-corrected chi connectivity index (χ0v) is 16.6. The van der Waals surface area contributed by atoms with Crippen LogP contribution in [0, 0.1) is 11.3 Å². The Labute approximate surface area is 169 Å². The first-order chi connectivity index (χ1) is 13.6. The lowest BCUT2D eigenvalue weighted by Gasteiger charge is -2.25. The minimum atomic E-state index is -0.241. The number of hydrogen-bond acceptors (Lipinski definition) is 4. The van der Waals surface area contributed by atoms with Crippen LogP contribution in [0.1, 0.15) is 30.4 Å². The van der Waals surface area contributed by atoms with Crippen molar-refractivity contribution < 1.29 is 9.53 Å². The molecule has 0 fully saturated rings. The molecule has 142 valence electrons. The number of benzene rings is 2. The summed E-state index contributed by atoms with van der Waals surface area (Å²) in [4.78, 5) is 12.2. The first kappa shape index (κ1) is 19.8. The van der Waals surface area contributed by atoms with Crippen LogP contribution < -0.4 is 10.1 Å². The van der Waals surface area contributed by atoms with E-state index in [0.29, 0.717) is 23.0 Å². The summed E-state index contributed by atoms with van der Waals surface area (Å²) >= 11 is 1.45. The van der Waals surface area contributed by atoms with Crippen molar-refractivity contribution >= 4 is 17.7 Å². The Bertz CT molecular complexity index is 927. The molecule has 1 heterocycles. The molecule has 0 aliphatic carbocycles. The number of nitrogens with one attached hydrogen (secondary N) is 1. The average molecular weight is 391 g/mol. The van der Waals surface area contributed by atoms with Crippen molar-refractivity contribution in [2.45, 2.75) is 25.9 Å². The van der Waals surface area contributed by atoms with E-state index in [2.05, 4.69) is 18.0 Å². The predicted octanol–water partition coefficient (Wildman–Crippen LogP) is 4.91. The number of nitrogens with zero attached hydrogens (tertiary/aromatic N) is 1. The Kier molecular flexibility index (Phi) is 6.57. The molecule has 4 nitrogen and oxygen atoms in total. The van der Waals surface area contributed by atoms with E-state index in [9.17, 15) is 10.1 Å². The van der Waals surface area contributed by atoms with E-state index in [1.165, 1.54) is 11.8 Å². The lowest BCUT2D eigenvalue weighted by Crippen LogP contribution is -2.30. The number of allylic oxidation sites excluding steroid dienone is 1. The largest absolute Gasteiger partial charge is 0.489 e. The van der Waals surface area contributed by atoms with Crippen LogP contribution in [0.2, 0.25) is 0 Å². The van der Waals surface area contributed by atoms with Crippen LogP contribution in [0.3, 0.4) is 0 Å². The van der Waals surface area contributed by atoms with Crippen molar-refractivity contribution in [3.63, 3.8) is 0 Å². The second-order valence-electron chi connectivity index (χ2n) is 6.75. The number of carbonyl (C=O) groups is 1. The predicted molar refractivity (Wildman–Crippen MR) is 113 cm³/mol. The molecule has 1 N–H and O–H groups in total. The summed E-state index contributed by atoms with van der Waals surface area (Å²) in [7, 11) is 0. The molecule has 5 heteroatoms. The van der Waals surface area contributed by atoms with Crippen LogP contribution in [0.4, 0.5) is 0 Å². The molecule has 28 heavy (non-hydrogen) atoms. The van der Waals surface area contributed by atoms with E-state index in [1.54, 1.807) is 0 Å². The summed E-state index contributed by atoms with van der Waals surface area (Å²) in [5.41, 5.74) is 3.63. The normalized spacial score (nSPS) is 16.3. The van der Waals surface area contributed by atoms with Gasteiger partial charge in [-0.15, -0.1) is 11.8 Å². The summed E-state index contributed by atoms with van der Waals surface area (Å²) in [5, 5.41) is 13.2. The Morgan fingerprint density at radius 2 is 1.96 bits per heavy atom. The Morgan fingerprint density at radius 3 is 2.61 bits per heavy atom. The Hall–Kier alpha value is -2.97. The van der Waals surface area contributed by atoms with Crippen molar-refractivity contribution in [2.24, 2.45) is 0 Å². The van der Waals surface area contributed by atoms with Gasteiger partial charge in [-0.05, 0) is 30.2 Å². The fourth-order valence-electron chi connectivity index (χ4n) is 2.95. The van der Waals surface area contributed by atoms with E-state index in [0.717, 1.165) is 22.4 Å². The quantitative estimate of drug-likeness (QED) is 0.682. The highest BCUT2D eigenvalue weighted by Crippen LogP contribution is 2.36. The van der Waals surface area contributed by atoms with Gasteiger partial charge in [-0.3, -0.25) is 4.79 Å². The third-order valence-corrected chi connectivity index (χ3v) is 5.60. The van der Waals surface area contributed by atoms with Gasteiger partial charge in [0.25, 0.3) is 0 Å². The van der Waals surface area contributed by atoms with Gasteiger partial charge in [0.1, 0.15) is 12.4 Å². The maximum Gasteiger partial charge on any atom is 0.225 e. The van der Waals surface area contributed by atoms with Gasteiger partial charge in [-0.1, -0.05) is 54.6 Å². The van der Waals surface area contributed by atoms with Crippen LogP contribution >= 0.6 is 11.8 Å². The molecule has 2 aromatic carbocycles. The number of hydrogen-bond donors (Lipinski definition) is 1. The number of rotatable bonds is 7. The van der Waals surface area contributed by atoms with Gasteiger partial charge in [0.2, 0.25) is 5.91 Å². The van der Waals surface area contributed by atoms with Gasteiger partial charge in [0, 0.05) is 18.1 Å². The molecule has 0 saturated heterocycles. The van der Waals surface area contributed by atoms with Crippen molar-refractivity contribution in [1.29, 1.82) is 5.26 Å². The number of ether oxygens (including phenoxy) is 1. The van der Waals surface area contributed by atoms with Crippen LogP contribution in [0.15, 0.2) is 77.4 Å². The number of nitriles is 1. The van der Waals surface area contributed by atoms with Crippen LogP contribution in [0.5, 0.6) is 5.75 Å². The molecule has 1 atom stereocenters. The monoisotopic (exact) mass is 390 g/mol. The van der Waals surface area contributed by atoms with Crippen molar-refractivity contribution in [1.82, 2.24) is 5.32 Å². The summed E-state index contributed by atoms with van der Waals surface area (Å²) < 4.78 is 5.82. The van der Waals surface area contributed by atoms with E-state index in [4.69, 9.17) is 4.74 Å². The number of thioether (sulfide) groups is 1. The van der Waals surface area contributed by atoms with Crippen LogP contribution in [-0.4, -0.2) is 11.7 Å². The molecule has 0 saturated carbocycles. The fourth-order valence-corrected chi connectivity index (χ4v) is 3.87. The molecule has 0 aromatic heterocycles. The molecular formula is C23H22N2O2S. The molecule has 0 radical (unpaired) electrons. The van der Waals surface area contributed by atoms with Crippen LogP contribution in [-0.2, 0) is 11.4 Å². The number of amides is 1. The molecule has 2 aromatic rings. The van der Waals surface area contributed by atoms with E-state index < -0.39 is 0 Å². The second kappa shape index (κ2) is 9.29. The van der Waals surface area contributed by atoms with Gasteiger partial charge in [0.05, 0.1) is 16.7 Å². The van der Waals surface area contributed by atoms with Crippen molar-refractivity contribution in [3.8, 4) is 11.8 Å². The molecule has 3 rings (SSSR count). The fraction of sp³-hybridized carbons (Fsp3) is 0.217. The molecule has 0 spiro atoms. The van der Waals surface area contributed by atoms with Crippen LogP contribution in [0.25, 0.3) is 0 Å². The molecule has 1 aliphatic rings. The van der Waals surface area contributed by atoms with Gasteiger partial charge >= 0.3 is 0 Å². The minimum absolute atomic E-state index is 0.0716. The number of carbonyl (C=O) groups excluding carboxylic acids is 1. The Balaban J connectivity index is 1.75. The molecule has 1 aliphatic heterocycles. The summed E-state index contributed by atoms with van der Waals surface area (Å²) in [6, 6.07) is 19.9. The SMILES string of the molecule is C=C(C)CSC1=C(C#N)[C@H](c2ccc(OCc3ccccc3)cc2)CC(=O)N1. The lowest BCUT2D eigenvalue weighted by atomic mass is 9.87. The Morgan fingerprint density at radius 1 is 1.25 bits per heavy atom. The highest BCUT2D eigenvalue weighted by atomic mass is 32.2. The zero-order chi connectivity index (χ0) is 19.9. The van der Waals surface area contributed by atoms with Gasteiger partial charge in [0.15, 0.2) is 0 Å². The third-order valence-electron chi connectivity index (χ3n) is 4.35. The highest BCUT2D eigenvalue weighted by molar-refractivity contribution is 8.03. The van der Waals surface area contributed by atoms with Gasteiger partial charge in [-0.2, -0.15) is 5.26 Å². The van der Waals surface area contributed by atoms with Crippen molar-refractivity contribution in [2.75, 3.05) is 5.75 Å². The van der Waals surface area contributed by atoms with Gasteiger partial charge in [-0.25, -0.2) is 0 Å². The van der Waals surface area contributed by atoms with Crippen molar-refractivity contribution in [3.05, 3.63) is 88.5 Å².